The van der Waals surface area contributed by atoms with Crippen molar-refractivity contribution >= 4 is 5.69 Å². The standard InChI is InChI=1S/C11H16N2/c1-11(2)8-6-4-5-7-9(8)13(3)10(11)12/h4-7,10H,12H2,1-3H3/p+1. The number of para-hydroxylation sites is 1. The summed E-state index contributed by atoms with van der Waals surface area (Å²) in [5, 5.41) is 0. The minimum atomic E-state index is 0.172. The molecule has 0 radical (unpaired) electrons. The fourth-order valence-corrected chi connectivity index (χ4v) is 2.16. The predicted molar refractivity (Wildman–Crippen MR) is 54.5 cm³/mol. The summed E-state index contributed by atoms with van der Waals surface area (Å²) in [5.74, 6) is 0. The third-order valence-electron chi connectivity index (χ3n) is 3.28. The van der Waals surface area contributed by atoms with Crippen LogP contribution in [-0.4, -0.2) is 13.2 Å². The molecule has 1 heterocycles. The number of anilines is 1. The molecule has 70 valence electrons. The molecule has 0 amide bonds. The fourth-order valence-electron chi connectivity index (χ4n) is 2.16. The maximum atomic E-state index is 4.21. The van der Waals surface area contributed by atoms with Gasteiger partial charge in [-0.15, -0.1) is 0 Å². The molecule has 3 N–H and O–H groups in total. The average Bonchev–Trinajstić information content (AvgIpc) is 2.30. The van der Waals surface area contributed by atoms with Gasteiger partial charge in [0.1, 0.15) is 0 Å². The summed E-state index contributed by atoms with van der Waals surface area (Å²) in [7, 11) is 2.12. The second-order valence-electron chi connectivity index (χ2n) is 4.37. The van der Waals surface area contributed by atoms with Crippen LogP contribution in [0.15, 0.2) is 24.3 Å². The maximum Gasteiger partial charge on any atom is 0.169 e. The molecule has 1 unspecified atom stereocenters. The number of hydrogen-bond acceptors (Lipinski definition) is 1. The van der Waals surface area contributed by atoms with Gasteiger partial charge in [-0.3, -0.25) is 0 Å². The molecular weight excluding hydrogens is 160 g/mol. The van der Waals surface area contributed by atoms with Crippen LogP contribution in [0.5, 0.6) is 0 Å². The Kier molecular flexibility index (Phi) is 1.64. The minimum Gasteiger partial charge on any atom is -0.337 e. The van der Waals surface area contributed by atoms with E-state index in [0.717, 1.165) is 0 Å². The number of quaternary nitrogens is 1. The van der Waals surface area contributed by atoms with E-state index in [2.05, 4.69) is 55.8 Å². The second kappa shape index (κ2) is 2.48. The van der Waals surface area contributed by atoms with Gasteiger partial charge in [0.05, 0.1) is 5.41 Å². The highest BCUT2D eigenvalue weighted by atomic mass is 15.2. The van der Waals surface area contributed by atoms with E-state index in [9.17, 15) is 0 Å². The Morgan fingerprint density at radius 2 is 1.92 bits per heavy atom. The predicted octanol–water partition coefficient (Wildman–Crippen LogP) is 0.982. The van der Waals surface area contributed by atoms with E-state index in [1.54, 1.807) is 0 Å². The van der Waals surface area contributed by atoms with Gasteiger partial charge in [-0.25, -0.2) is 0 Å². The van der Waals surface area contributed by atoms with Crippen LogP contribution in [-0.2, 0) is 5.41 Å². The molecule has 1 aliphatic heterocycles. The van der Waals surface area contributed by atoms with E-state index in [-0.39, 0.29) is 5.41 Å². The van der Waals surface area contributed by atoms with E-state index in [4.69, 9.17) is 0 Å². The van der Waals surface area contributed by atoms with Crippen LogP contribution >= 0.6 is 0 Å². The molecule has 13 heavy (non-hydrogen) atoms. The third-order valence-corrected chi connectivity index (χ3v) is 3.28. The summed E-state index contributed by atoms with van der Waals surface area (Å²) < 4.78 is 0. The summed E-state index contributed by atoms with van der Waals surface area (Å²) in [6.45, 7) is 4.51. The van der Waals surface area contributed by atoms with Gasteiger partial charge >= 0.3 is 0 Å². The van der Waals surface area contributed by atoms with Crippen molar-refractivity contribution in [1.29, 1.82) is 0 Å². The molecule has 0 aromatic heterocycles. The first-order valence-corrected chi connectivity index (χ1v) is 4.70. The third kappa shape index (κ3) is 0.985. The lowest BCUT2D eigenvalue weighted by Crippen LogP contribution is -2.72. The smallest absolute Gasteiger partial charge is 0.169 e. The van der Waals surface area contributed by atoms with Crippen molar-refractivity contribution in [3.63, 3.8) is 0 Å². The van der Waals surface area contributed by atoms with Crippen LogP contribution in [0, 0.1) is 0 Å². The summed E-state index contributed by atoms with van der Waals surface area (Å²) in [6, 6.07) is 8.56. The molecule has 1 atom stereocenters. The fraction of sp³-hybridized carbons (Fsp3) is 0.455. The summed E-state index contributed by atoms with van der Waals surface area (Å²) in [6.07, 6.45) is 0.338. The van der Waals surface area contributed by atoms with Gasteiger partial charge in [-0.05, 0) is 25.5 Å². The Morgan fingerprint density at radius 1 is 1.31 bits per heavy atom. The molecule has 0 saturated heterocycles. The number of fused-ring (bicyclic) bond motifs is 1. The number of rotatable bonds is 0. The first kappa shape index (κ1) is 8.57. The molecule has 2 nitrogen and oxygen atoms in total. The normalized spacial score (nSPS) is 24.6. The molecule has 2 heteroatoms. The van der Waals surface area contributed by atoms with Crippen molar-refractivity contribution in [2.75, 3.05) is 11.9 Å². The van der Waals surface area contributed by atoms with Gasteiger partial charge in [0, 0.05) is 12.7 Å². The highest BCUT2D eigenvalue weighted by Crippen LogP contribution is 2.41. The number of hydrogen-bond donors (Lipinski definition) is 1. The Bertz CT molecular complexity index is 331. The highest BCUT2D eigenvalue weighted by molar-refractivity contribution is 5.62. The molecule has 0 spiro atoms. The zero-order valence-electron chi connectivity index (χ0n) is 8.54. The number of benzene rings is 1. The van der Waals surface area contributed by atoms with E-state index < -0.39 is 0 Å². The molecule has 1 aliphatic rings. The van der Waals surface area contributed by atoms with Crippen molar-refractivity contribution in [3.05, 3.63) is 29.8 Å². The van der Waals surface area contributed by atoms with Gasteiger partial charge in [-0.2, -0.15) is 0 Å². The van der Waals surface area contributed by atoms with E-state index >= 15 is 0 Å². The molecule has 0 saturated carbocycles. The quantitative estimate of drug-likeness (QED) is 0.629. The SMILES string of the molecule is CN1c2ccccc2C(C)(C)C1[NH3+]. The lowest BCUT2D eigenvalue weighted by Gasteiger charge is -2.24. The molecule has 0 aliphatic carbocycles. The van der Waals surface area contributed by atoms with Crippen molar-refractivity contribution in [2.45, 2.75) is 25.4 Å². The number of likely N-dealkylation sites (N-methyl/N-ethyl adjacent to an activating group) is 1. The van der Waals surface area contributed by atoms with Crippen molar-refractivity contribution in [1.82, 2.24) is 0 Å². The molecule has 0 bridgehead atoms. The second-order valence-corrected chi connectivity index (χ2v) is 4.37. The topological polar surface area (TPSA) is 30.9 Å². The molecule has 0 fully saturated rings. The lowest BCUT2D eigenvalue weighted by atomic mass is 9.84. The van der Waals surface area contributed by atoms with Gasteiger partial charge < -0.3 is 10.6 Å². The van der Waals surface area contributed by atoms with Crippen molar-refractivity contribution in [3.8, 4) is 0 Å². The zero-order valence-corrected chi connectivity index (χ0v) is 8.54. The highest BCUT2D eigenvalue weighted by Gasteiger charge is 2.43. The minimum absolute atomic E-state index is 0.172. The van der Waals surface area contributed by atoms with Crippen LogP contribution in [0.4, 0.5) is 5.69 Å². The van der Waals surface area contributed by atoms with Crippen molar-refractivity contribution in [2.24, 2.45) is 0 Å². The summed E-state index contributed by atoms with van der Waals surface area (Å²) in [4.78, 5) is 2.26. The largest absolute Gasteiger partial charge is 0.337 e. The number of nitrogens with zero attached hydrogens (tertiary/aromatic N) is 1. The molecule has 2 rings (SSSR count). The summed E-state index contributed by atoms with van der Waals surface area (Å²) >= 11 is 0. The van der Waals surface area contributed by atoms with Gasteiger partial charge in [0.15, 0.2) is 6.17 Å². The van der Waals surface area contributed by atoms with Gasteiger partial charge in [0.2, 0.25) is 0 Å². The molecular formula is C11H17N2+. The lowest BCUT2D eigenvalue weighted by molar-refractivity contribution is -0.430. The van der Waals surface area contributed by atoms with Gasteiger partial charge in [0.25, 0.3) is 0 Å². The van der Waals surface area contributed by atoms with Crippen LogP contribution in [0.3, 0.4) is 0 Å². The Morgan fingerprint density at radius 3 is 2.54 bits per heavy atom. The van der Waals surface area contributed by atoms with Gasteiger partial charge in [-0.1, -0.05) is 18.2 Å². The van der Waals surface area contributed by atoms with Crippen LogP contribution in [0.1, 0.15) is 19.4 Å². The first-order chi connectivity index (χ1) is 6.05. The van der Waals surface area contributed by atoms with Crippen LogP contribution in [0.25, 0.3) is 0 Å². The molecule has 1 aromatic carbocycles. The van der Waals surface area contributed by atoms with E-state index in [1.165, 1.54) is 11.3 Å². The van der Waals surface area contributed by atoms with Crippen molar-refractivity contribution < 1.29 is 5.73 Å². The maximum absolute atomic E-state index is 4.21. The summed E-state index contributed by atoms with van der Waals surface area (Å²) in [5.41, 5.74) is 7.12. The molecule has 1 aromatic rings. The Labute approximate surface area is 79.4 Å². The Hall–Kier alpha value is -1.02. The first-order valence-electron chi connectivity index (χ1n) is 4.70. The Balaban J connectivity index is 2.61. The average molecular weight is 177 g/mol. The monoisotopic (exact) mass is 177 g/mol. The van der Waals surface area contributed by atoms with Crippen LogP contribution < -0.4 is 10.6 Å². The van der Waals surface area contributed by atoms with E-state index in [1.807, 2.05) is 0 Å². The van der Waals surface area contributed by atoms with E-state index in [0.29, 0.717) is 6.17 Å². The van der Waals surface area contributed by atoms with Crippen LogP contribution in [0.2, 0.25) is 0 Å². The zero-order chi connectivity index (χ0) is 9.64.